The van der Waals surface area contributed by atoms with E-state index in [1.807, 2.05) is 0 Å². The van der Waals surface area contributed by atoms with Crippen molar-refractivity contribution in [1.29, 1.82) is 0 Å². The largest absolute Gasteiger partial charge is 0.496 e. The lowest BCUT2D eigenvalue weighted by atomic mass is 9.81. The number of carbonyl (C=O) groups excluding carboxylic acids is 2. The molecule has 0 aromatic heterocycles. The first-order chi connectivity index (χ1) is 12.5. The van der Waals surface area contributed by atoms with E-state index >= 15 is 0 Å². The molecule has 1 aromatic rings. The Bertz CT molecular complexity index is 775. The highest BCUT2D eigenvalue weighted by molar-refractivity contribution is 6.00. The third-order valence-electron chi connectivity index (χ3n) is 5.85. The van der Waals surface area contributed by atoms with Gasteiger partial charge >= 0.3 is 5.97 Å². The van der Waals surface area contributed by atoms with Gasteiger partial charge in [-0.05, 0) is 30.9 Å². The molecule has 2 saturated heterocycles. The molecule has 138 valence electrons. The van der Waals surface area contributed by atoms with E-state index in [1.54, 1.807) is 29.2 Å². The minimum atomic E-state index is -1.20. The second kappa shape index (κ2) is 6.00. The molecule has 0 unspecified atom stereocenters. The van der Waals surface area contributed by atoms with E-state index in [0.29, 0.717) is 23.8 Å². The number of carboxylic acids is 1. The molecule has 2 aliphatic heterocycles. The number of hydrogen-bond donors (Lipinski definition) is 1. The number of carboxylic acid groups (broad SMARTS) is 1. The van der Waals surface area contributed by atoms with E-state index in [0.717, 1.165) is 12.8 Å². The maximum atomic E-state index is 12.9. The van der Waals surface area contributed by atoms with Crippen molar-refractivity contribution in [2.24, 2.45) is 17.3 Å². The Kier molecular flexibility index (Phi) is 3.89. The molecule has 1 saturated carbocycles. The summed E-state index contributed by atoms with van der Waals surface area (Å²) in [4.78, 5) is 41.0. The van der Waals surface area contributed by atoms with Crippen LogP contribution in [-0.2, 0) is 9.59 Å². The van der Waals surface area contributed by atoms with Gasteiger partial charge in [-0.25, -0.2) is 0 Å². The Morgan fingerprint density at radius 2 is 2.00 bits per heavy atom. The summed E-state index contributed by atoms with van der Waals surface area (Å²) in [6.07, 6.45) is 2.21. The zero-order chi connectivity index (χ0) is 18.5. The molecule has 1 aromatic carbocycles. The summed E-state index contributed by atoms with van der Waals surface area (Å²) in [7, 11) is 1.49. The van der Waals surface area contributed by atoms with E-state index in [4.69, 9.17) is 4.74 Å². The SMILES string of the molecule is COc1ccccc1C(=O)N1C[C@H]2C(=O)N(CC3CC3)C[C@@]2(C(=O)O)C1. The van der Waals surface area contributed by atoms with E-state index < -0.39 is 17.3 Å². The van der Waals surface area contributed by atoms with Crippen LogP contribution in [0.1, 0.15) is 23.2 Å². The monoisotopic (exact) mass is 358 g/mol. The molecule has 2 amide bonds. The Morgan fingerprint density at radius 1 is 1.27 bits per heavy atom. The van der Waals surface area contributed by atoms with Gasteiger partial charge in [0.05, 0.1) is 18.6 Å². The highest BCUT2D eigenvalue weighted by Gasteiger charge is 2.63. The number of nitrogens with zero attached hydrogens (tertiary/aromatic N) is 2. The topological polar surface area (TPSA) is 87.2 Å². The number of methoxy groups -OCH3 is 1. The average molecular weight is 358 g/mol. The molecule has 3 aliphatic rings. The number of fused-ring (bicyclic) bond motifs is 1. The number of benzene rings is 1. The number of likely N-dealkylation sites (tertiary alicyclic amines) is 2. The fourth-order valence-electron chi connectivity index (χ4n) is 4.22. The molecule has 1 aliphatic carbocycles. The second-order valence-electron chi connectivity index (χ2n) is 7.56. The summed E-state index contributed by atoms with van der Waals surface area (Å²) in [6.45, 7) is 1.03. The van der Waals surface area contributed by atoms with Crippen LogP contribution in [0, 0.1) is 17.3 Å². The van der Waals surface area contributed by atoms with Crippen LogP contribution in [0.25, 0.3) is 0 Å². The molecule has 4 rings (SSSR count). The van der Waals surface area contributed by atoms with Crippen molar-refractivity contribution in [1.82, 2.24) is 9.80 Å². The molecule has 1 N–H and O–H groups in total. The molecule has 2 atom stereocenters. The molecule has 0 spiro atoms. The van der Waals surface area contributed by atoms with Crippen LogP contribution in [0.2, 0.25) is 0 Å². The van der Waals surface area contributed by atoms with Crippen LogP contribution in [-0.4, -0.2) is 66.0 Å². The first-order valence-electron chi connectivity index (χ1n) is 8.91. The van der Waals surface area contributed by atoms with Gasteiger partial charge in [-0.1, -0.05) is 12.1 Å². The average Bonchev–Trinajstić information content (AvgIpc) is 3.31. The van der Waals surface area contributed by atoms with Gasteiger partial charge in [0, 0.05) is 26.2 Å². The Morgan fingerprint density at radius 3 is 2.62 bits per heavy atom. The molecule has 7 nitrogen and oxygen atoms in total. The van der Waals surface area contributed by atoms with E-state index in [9.17, 15) is 19.5 Å². The van der Waals surface area contributed by atoms with Gasteiger partial charge in [-0.15, -0.1) is 0 Å². The number of para-hydroxylation sites is 1. The number of ether oxygens (including phenoxy) is 1. The summed E-state index contributed by atoms with van der Waals surface area (Å²) in [5, 5.41) is 9.89. The van der Waals surface area contributed by atoms with Crippen molar-refractivity contribution in [3.8, 4) is 5.75 Å². The third kappa shape index (κ3) is 2.53. The summed E-state index contributed by atoms with van der Waals surface area (Å²) in [5.74, 6) is -1.13. The van der Waals surface area contributed by atoms with Crippen LogP contribution in [0.15, 0.2) is 24.3 Å². The molecule has 0 bridgehead atoms. The summed E-state index contributed by atoms with van der Waals surface area (Å²) in [6, 6.07) is 6.86. The van der Waals surface area contributed by atoms with Crippen molar-refractivity contribution in [3.05, 3.63) is 29.8 Å². The summed E-state index contributed by atoms with van der Waals surface area (Å²) in [5.41, 5.74) is -0.818. The predicted octanol–water partition coefficient (Wildman–Crippen LogP) is 1.09. The lowest BCUT2D eigenvalue weighted by Gasteiger charge is -2.25. The first-order valence-corrected chi connectivity index (χ1v) is 8.91. The number of rotatable bonds is 5. The van der Waals surface area contributed by atoms with Gasteiger partial charge in [0.15, 0.2) is 0 Å². The molecule has 26 heavy (non-hydrogen) atoms. The van der Waals surface area contributed by atoms with Crippen molar-refractivity contribution in [3.63, 3.8) is 0 Å². The highest BCUT2D eigenvalue weighted by Crippen LogP contribution is 2.45. The van der Waals surface area contributed by atoms with Crippen LogP contribution >= 0.6 is 0 Å². The van der Waals surface area contributed by atoms with Crippen LogP contribution in [0.4, 0.5) is 0 Å². The number of carbonyl (C=O) groups is 3. The van der Waals surface area contributed by atoms with Gasteiger partial charge in [0.25, 0.3) is 5.91 Å². The van der Waals surface area contributed by atoms with Crippen LogP contribution in [0.3, 0.4) is 0 Å². The van der Waals surface area contributed by atoms with Crippen molar-refractivity contribution >= 4 is 17.8 Å². The Hall–Kier alpha value is -2.57. The lowest BCUT2D eigenvalue weighted by molar-refractivity contribution is -0.149. The zero-order valence-electron chi connectivity index (χ0n) is 14.7. The van der Waals surface area contributed by atoms with Crippen LogP contribution in [0.5, 0.6) is 5.75 Å². The van der Waals surface area contributed by atoms with Crippen molar-refractivity contribution < 1.29 is 24.2 Å². The molecule has 0 radical (unpaired) electrons. The maximum absolute atomic E-state index is 12.9. The maximum Gasteiger partial charge on any atom is 0.314 e. The summed E-state index contributed by atoms with van der Waals surface area (Å²) >= 11 is 0. The fourth-order valence-corrected chi connectivity index (χ4v) is 4.22. The normalized spacial score (nSPS) is 27.6. The van der Waals surface area contributed by atoms with Gasteiger partial charge in [0.1, 0.15) is 11.2 Å². The number of amides is 2. The smallest absolute Gasteiger partial charge is 0.314 e. The number of hydrogen-bond acceptors (Lipinski definition) is 4. The third-order valence-corrected chi connectivity index (χ3v) is 5.85. The quantitative estimate of drug-likeness (QED) is 0.851. The van der Waals surface area contributed by atoms with Gasteiger partial charge in [0.2, 0.25) is 5.91 Å². The summed E-state index contributed by atoms with van der Waals surface area (Å²) < 4.78 is 5.24. The Labute approximate surface area is 151 Å². The van der Waals surface area contributed by atoms with E-state index in [-0.39, 0.29) is 31.4 Å². The number of aliphatic carboxylic acids is 1. The molecule has 7 heteroatoms. The molecular weight excluding hydrogens is 336 g/mol. The molecule has 2 heterocycles. The van der Waals surface area contributed by atoms with Crippen molar-refractivity contribution in [2.75, 3.05) is 33.3 Å². The van der Waals surface area contributed by atoms with Crippen LogP contribution < -0.4 is 4.74 Å². The second-order valence-corrected chi connectivity index (χ2v) is 7.56. The highest BCUT2D eigenvalue weighted by atomic mass is 16.5. The fraction of sp³-hybridized carbons (Fsp3) is 0.526. The van der Waals surface area contributed by atoms with Gasteiger partial charge in [-0.3, -0.25) is 14.4 Å². The van der Waals surface area contributed by atoms with E-state index in [1.165, 1.54) is 12.0 Å². The van der Waals surface area contributed by atoms with Crippen molar-refractivity contribution in [2.45, 2.75) is 12.8 Å². The first kappa shape index (κ1) is 16.9. The minimum absolute atomic E-state index is 0.0524. The zero-order valence-corrected chi connectivity index (χ0v) is 14.7. The van der Waals surface area contributed by atoms with Gasteiger partial charge in [-0.2, -0.15) is 0 Å². The Balaban J connectivity index is 1.58. The molecular formula is C19H22N2O5. The predicted molar refractivity (Wildman–Crippen MR) is 91.8 cm³/mol. The lowest BCUT2D eigenvalue weighted by Crippen LogP contribution is -2.42. The molecule has 3 fully saturated rings. The standard InChI is InChI=1S/C19H22N2O5/c1-26-15-5-3-2-4-13(15)16(22)21-9-14-17(23)20(8-12-6-7-12)10-19(14,11-21)18(24)25/h2-5,12,14H,6-11H2,1H3,(H,24,25)/t14-,19+/m0/s1. The van der Waals surface area contributed by atoms with E-state index in [2.05, 4.69) is 0 Å². The minimum Gasteiger partial charge on any atom is -0.496 e. The van der Waals surface area contributed by atoms with Gasteiger partial charge < -0.3 is 19.6 Å².